The number of rotatable bonds is 8. The Morgan fingerprint density at radius 1 is 1.06 bits per heavy atom. The van der Waals surface area contributed by atoms with Crippen molar-refractivity contribution in [2.24, 2.45) is 0 Å². The summed E-state index contributed by atoms with van der Waals surface area (Å²) in [5.74, 6) is 0.786. The highest BCUT2D eigenvalue weighted by atomic mass is 16.5. The summed E-state index contributed by atoms with van der Waals surface area (Å²) in [6.45, 7) is 1.76. The summed E-state index contributed by atoms with van der Waals surface area (Å²) in [5.41, 5.74) is 3.00. The zero-order chi connectivity index (χ0) is 21.8. The maximum atomic E-state index is 11.1. The number of ether oxygens (including phenoxy) is 2. The van der Waals surface area contributed by atoms with Crippen molar-refractivity contribution in [3.05, 3.63) is 60.2 Å². The Morgan fingerprint density at radius 3 is 2.55 bits per heavy atom. The Kier molecular flexibility index (Phi) is 6.42. The van der Waals surface area contributed by atoms with Gasteiger partial charge in [-0.15, -0.1) is 0 Å². The summed E-state index contributed by atoms with van der Waals surface area (Å²) < 4.78 is 12.1. The number of likely N-dealkylation sites (N-methyl/N-ethyl adjacent to an activating group) is 1. The average Bonchev–Trinajstić information content (AvgIpc) is 3.20. The third kappa shape index (κ3) is 4.52. The van der Waals surface area contributed by atoms with E-state index in [-0.39, 0.29) is 6.42 Å². The number of benzene rings is 3. The molecule has 1 aliphatic rings. The van der Waals surface area contributed by atoms with Crippen LogP contribution in [0.25, 0.3) is 21.9 Å². The molecule has 5 heteroatoms. The van der Waals surface area contributed by atoms with E-state index in [9.17, 15) is 4.79 Å². The van der Waals surface area contributed by atoms with Gasteiger partial charge in [0.1, 0.15) is 18.1 Å². The van der Waals surface area contributed by atoms with Crippen molar-refractivity contribution in [3.8, 4) is 22.6 Å². The number of aliphatic carboxylic acids is 1. The van der Waals surface area contributed by atoms with Crippen LogP contribution in [0.2, 0.25) is 0 Å². The molecule has 31 heavy (non-hydrogen) atoms. The van der Waals surface area contributed by atoms with Gasteiger partial charge in [0, 0.05) is 12.5 Å². The molecule has 1 heterocycles. The van der Waals surface area contributed by atoms with E-state index < -0.39 is 5.97 Å². The van der Waals surface area contributed by atoms with E-state index in [1.54, 1.807) is 7.11 Å². The molecule has 3 aromatic rings. The third-order valence-corrected chi connectivity index (χ3v) is 6.20. The van der Waals surface area contributed by atoms with Crippen molar-refractivity contribution in [2.75, 3.05) is 27.3 Å². The maximum absolute atomic E-state index is 11.1. The Labute approximate surface area is 183 Å². The summed E-state index contributed by atoms with van der Waals surface area (Å²) in [7, 11) is 3.83. The van der Waals surface area contributed by atoms with E-state index in [4.69, 9.17) is 14.6 Å². The summed E-state index contributed by atoms with van der Waals surface area (Å²) in [6, 6.07) is 18.6. The van der Waals surface area contributed by atoms with Gasteiger partial charge in [-0.1, -0.05) is 42.5 Å². The number of carboxylic acid groups (broad SMARTS) is 1. The van der Waals surface area contributed by atoms with Gasteiger partial charge in [0.15, 0.2) is 0 Å². The number of methoxy groups -OCH3 is 1. The molecule has 0 radical (unpaired) electrons. The number of carboxylic acids is 1. The SMILES string of the molecule is COc1cccc(OCC2CCCN2C)c1-c1cccc2c(CCC(=O)O)cccc12. The smallest absolute Gasteiger partial charge is 0.303 e. The quantitative estimate of drug-likeness (QED) is 0.556. The number of aryl methyl sites for hydroxylation is 1. The van der Waals surface area contributed by atoms with Crippen molar-refractivity contribution in [1.82, 2.24) is 4.90 Å². The van der Waals surface area contributed by atoms with Crippen molar-refractivity contribution in [1.29, 1.82) is 0 Å². The highest BCUT2D eigenvalue weighted by Gasteiger charge is 2.23. The molecule has 4 rings (SSSR count). The van der Waals surface area contributed by atoms with Crippen molar-refractivity contribution in [3.63, 3.8) is 0 Å². The van der Waals surface area contributed by atoms with Gasteiger partial charge in [0.25, 0.3) is 0 Å². The van der Waals surface area contributed by atoms with Crippen LogP contribution in [0.3, 0.4) is 0 Å². The van der Waals surface area contributed by atoms with Crippen LogP contribution in [0, 0.1) is 0 Å². The molecular weight excluding hydrogens is 390 g/mol. The van der Waals surface area contributed by atoms with Gasteiger partial charge in [-0.25, -0.2) is 0 Å². The van der Waals surface area contributed by atoms with Crippen LogP contribution in [-0.2, 0) is 11.2 Å². The van der Waals surface area contributed by atoms with Crippen LogP contribution >= 0.6 is 0 Å². The number of likely N-dealkylation sites (tertiary alicyclic amines) is 1. The molecule has 1 N–H and O–H groups in total. The maximum Gasteiger partial charge on any atom is 0.303 e. The van der Waals surface area contributed by atoms with E-state index >= 15 is 0 Å². The monoisotopic (exact) mass is 419 g/mol. The van der Waals surface area contributed by atoms with Gasteiger partial charge in [-0.3, -0.25) is 4.79 Å². The first-order chi connectivity index (χ1) is 15.1. The van der Waals surface area contributed by atoms with Crippen molar-refractivity contribution in [2.45, 2.75) is 31.7 Å². The minimum atomic E-state index is -0.787. The van der Waals surface area contributed by atoms with Gasteiger partial charge < -0.3 is 19.5 Å². The molecule has 0 saturated carbocycles. The molecule has 0 spiro atoms. The van der Waals surface area contributed by atoms with Gasteiger partial charge in [-0.05, 0) is 66.9 Å². The highest BCUT2D eigenvalue weighted by molar-refractivity contribution is 6.01. The Hall–Kier alpha value is -3.05. The van der Waals surface area contributed by atoms with Gasteiger partial charge in [0.05, 0.1) is 12.7 Å². The van der Waals surface area contributed by atoms with E-state index in [0.29, 0.717) is 19.1 Å². The van der Waals surface area contributed by atoms with Gasteiger partial charge >= 0.3 is 5.97 Å². The fourth-order valence-electron chi connectivity index (χ4n) is 4.50. The van der Waals surface area contributed by atoms with Crippen LogP contribution < -0.4 is 9.47 Å². The predicted molar refractivity (Wildman–Crippen MR) is 123 cm³/mol. The molecule has 162 valence electrons. The first-order valence-electron chi connectivity index (χ1n) is 10.8. The fourth-order valence-corrected chi connectivity index (χ4v) is 4.50. The largest absolute Gasteiger partial charge is 0.496 e. The molecule has 1 fully saturated rings. The van der Waals surface area contributed by atoms with E-state index in [1.807, 2.05) is 36.4 Å². The minimum Gasteiger partial charge on any atom is -0.496 e. The molecule has 0 amide bonds. The van der Waals surface area contributed by atoms with E-state index in [0.717, 1.165) is 51.9 Å². The van der Waals surface area contributed by atoms with Crippen molar-refractivity contribution < 1.29 is 19.4 Å². The first-order valence-corrected chi connectivity index (χ1v) is 10.8. The molecule has 3 aromatic carbocycles. The number of hydrogen-bond acceptors (Lipinski definition) is 4. The molecular formula is C26H29NO4. The van der Waals surface area contributed by atoms with Crippen LogP contribution in [0.4, 0.5) is 0 Å². The Balaban J connectivity index is 1.76. The average molecular weight is 420 g/mol. The lowest BCUT2D eigenvalue weighted by Gasteiger charge is -2.22. The first kappa shape index (κ1) is 21.2. The third-order valence-electron chi connectivity index (χ3n) is 6.20. The molecule has 0 aromatic heterocycles. The molecule has 1 atom stereocenters. The lowest BCUT2D eigenvalue weighted by Crippen LogP contribution is -2.30. The second-order valence-corrected chi connectivity index (χ2v) is 8.13. The van der Waals surface area contributed by atoms with Crippen LogP contribution in [0.5, 0.6) is 11.5 Å². The lowest BCUT2D eigenvalue weighted by atomic mass is 9.93. The second-order valence-electron chi connectivity index (χ2n) is 8.13. The Morgan fingerprint density at radius 2 is 1.81 bits per heavy atom. The summed E-state index contributed by atoms with van der Waals surface area (Å²) in [6.07, 6.45) is 2.97. The minimum absolute atomic E-state index is 0.112. The van der Waals surface area contributed by atoms with Gasteiger partial charge in [-0.2, -0.15) is 0 Å². The standard InChI is InChI=1S/C26H29NO4/c1-27-16-6-8-19(27)17-31-24-13-5-12-23(30-2)26(24)22-11-4-9-20-18(14-15-25(28)29)7-3-10-21(20)22/h3-5,7,9-13,19H,6,8,14-17H2,1-2H3,(H,28,29). The highest BCUT2D eigenvalue weighted by Crippen LogP contribution is 2.42. The second kappa shape index (κ2) is 9.40. The van der Waals surface area contributed by atoms with Crippen LogP contribution in [0.1, 0.15) is 24.8 Å². The molecule has 1 saturated heterocycles. The number of nitrogens with zero attached hydrogens (tertiary/aromatic N) is 1. The number of hydrogen-bond donors (Lipinski definition) is 1. The lowest BCUT2D eigenvalue weighted by molar-refractivity contribution is -0.136. The number of fused-ring (bicyclic) bond motifs is 1. The topological polar surface area (TPSA) is 59.0 Å². The number of carbonyl (C=O) groups is 1. The predicted octanol–water partition coefficient (Wildman–Crippen LogP) is 5.01. The zero-order valence-corrected chi connectivity index (χ0v) is 18.1. The fraction of sp³-hybridized carbons (Fsp3) is 0.346. The van der Waals surface area contributed by atoms with Gasteiger partial charge in [0.2, 0.25) is 0 Å². The zero-order valence-electron chi connectivity index (χ0n) is 18.1. The molecule has 1 aliphatic heterocycles. The van der Waals surface area contributed by atoms with E-state index in [2.05, 4.69) is 30.1 Å². The normalized spacial score (nSPS) is 16.5. The molecule has 0 aliphatic carbocycles. The van der Waals surface area contributed by atoms with Crippen LogP contribution in [-0.4, -0.2) is 49.3 Å². The van der Waals surface area contributed by atoms with E-state index in [1.165, 1.54) is 6.42 Å². The summed E-state index contributed by atoms with van der Waals surface area (Å²) in [4.78, 5) is 13.4. The molecule has 5 nitrogen and oxygen atoms in total. The summed E-state index contributed by atoms with van der Waals surface area (Å²) in [5, 5.41) is 11.2. The molecule has 0 bridgehead atoms. The van der Waals surface area contributed by atoms with Crippen LogP contribution in [0.15, 0.2) is 54.6 Å². The molecule has 1 unspecified atom stereocenters. The Bertz CT molecular complexity index is 1080. The summed E-state index contributed by atoms with van der Waals surface area (Å²) >= 11 is 0. The van der Waals surface area contributed by atoms with Crippen molar-refractivity contribution >= 4 is 16.7 Å².